The molecule has 2 amide bonds. The first-order chi connectivity index (χ1) is 15.9. The largest absolute Gasteiger partial charge is 0.339 e. The Hall–Kier alpha value is -3.16. The first-order valence-electron chi connectivity index (χ1n) is 11.6. The number of aromatic nitrogens is 1. The summed E-state index contributed by atoms with van der Waals surface area (Å²) in [6, 6.07) is 9.02. The fourth-order valence-corrected chi connectivity index (χ4v) is 5.41. The van der Waals surface area contributed by atoms with Gasteiger partial charge in [0, 0.05) is 42.3 Å². The van der Waals surface area contributed by atoms with Crippen LogP contribution in [0, 0.1) is 23.6 Å². The highest BCUT2D eigenvalue weighted by molar-refractivity contribution is 5.93. The van der Waals surface area contributed by atoms with Crippen LogP contribution in [0.1, 0.15) is 60.3 Å². The number of rotatable bonds is 4. The molecule has 0 bridgehead atoms. The molecule has 2 aliphatic heterocycles. The minimum absolute atomic E-state index is 0.0812. The quantitative estimate of drug-likeness (QED) is 0.634. The predicted octanol–water partition coefficient (Wildman–Crippen LogP) is 4.64. The van der Waals surface area contributed by atoms with E-state index >= 15 is 0 Å². The van der Waals surface area contributed by atoms with Gasteiger partial charge < -0.3 is 9.80 Å². The van der Waals surface area contributed by atoms with E-state index in [1.165, 1.54) is 0 Å². The number of carbonyl (C=O) groups is 2. The molecule has 3 heterocycles. The van der Waals surface area contributed by atoms with Gasteiger partial charge in [-0.15, -0.1) is 4.91 Å². The van der Waals surface area contributed by atoms with Gasteiger partial charge in [-0.1, -0.05) is 12.5 Å². The van der Waals surface area contributed by atoms with Gasteiger partial charge in [0.05, 0.1) is 11.4 Å². The number of aryl methyl sites for hydroxylation is 1. The summed E-state index contributed by atoms with van der Waals surface area (Å²) in [5.74, 6) is -0.861. The summed E-state index contributed by atoms with van der Waals surface area (Å²) in [6.07, 6.45) is 4.65. The van der Waals surface area contributed by atoms with Crippen molar-refractivity contribution in [1.29, 1.82) is 0 Å². The van der Waals surface area contributed by atoms with Gasteiger partial charge in [0.1, 0.15) is 11.5 Å². The minimum atomic E-state index is -0.621. The number of amides is 2. The lowest BCUT2D eigenvalue weighted by Crippen LogP contribution is -2.40. The maximum absolute atomic E-state index is 14.3. The Morgan fingerprint density at radius 2 is 1.94 bits per heavy atom. The smallest absolute Gasteiger partial charge is 0.286 e. The molecule has 3 aliphatic rings. The molecule has 0 unspecified atom stereocenters. The lowest BCUT2D eigenvalue weighted by molar-refractivity contribution is -0.119. The van der Waals surface area contributed by atoms with Crippen LogP contribution in [0.15, 0.2) is 35.5 Å². The normalized spacial score (nSPS) is 19.3. The number of benzene rings is 1. The van der Waals surface area contributed by atoms with E-state index in [2.05, 4.69) is 10.1 Å². The highest BCUT2D eigenvalue weighted by atomic mass is 19.1. The average molecular weight is 451 g/mol. The van der Waals surface area contributed by atoms with Crippen molar-refractivity contribution in [1.82, 2.24) is 9.88 Å². The molecule has 33 heavy (non-hydrogen) atoms. The summed E-state index contributed by atoms with van der Waals surface area (Å²) >= 11 is 0. The minimum Gasteiger partial charge on any atom is -0.339 e. The first kappa shape index (κ1) is 21.7. The Morgan fingerprint density at radius 1 is 1.18 bits per heavy atom. The number of hydrogen-bond donors (Lipinski definition) is 0. The Morgan fingerprint density at radius 3 is 2.58 bits per heavy atom. The maximum atomic E-state index is 14.3. The van der Waals surface area contributed by atoms with E-state index in [4.69, 9.17) is 4.98 Å². The predicted molar refractivity (Wildman–Crippen MR) is 122 cm³/mol. The van der Waals surface area contributed by atoms with E-state index in [0.717, 1.165) is 42.9 Å². The van der Waals surface area contributed by atoms with Crippen molar-refractivity contribution >= 4 is 23.2 Å². The number of piperidine rings is 1. The van der Waals surface area contributed by atoms with Gasteiger partial charge in [-0.25, -0.2) is 9.37 Å². The zero-order valence-corrected chi connectivity index (χ0v) is 18.7. The molecule has 8 heteroatoms. The number of fused-ring (bicyclic) bond motifs is 2. The average Bonchev–Trinajstić information content (AvgIpc) is 3.16. The van der Waals surface area contributed by atoms with Gasteiger partial charge >= 0.3 is 0 Å². The van der Waals surface area contributed by atoms with Crippen molar-refractivity contribution in [3.05, 3.63) is 58.0 Å². The molecule has 1 saturated carbocycles. The molecule has 1 saturated heterocycles. The monoisotopic (exact) mass is 450 g/mol. The number of halogens is 1. The summed E-state index contributed by atoms with van der Waals surface area (Å²) in [5, 5.41) is 2.48. The van der Waals surface area contributed by atoms with Gasteiger partial charge in [-0.2, -0.15) is 0 Å². The van der Waals surface area contributed by atoms with Crippen molar-refractivity contribution in [2.75, 3.05) is 24.5 Å². The molecule has 172 valence electrons. The number of carbonyl (C=O) groups excluding carboxylic acids is 2. The van der Waals surface area contributed by atoms with Crippen molar-refractivity contribution in [2.24, 2.45) is 11.1 Å². The van der Waals surface area contributed by atoms with Gasteiger partial charge in [0.2, 0.25) is 0 Å². The Labute approximate surface area is 192 Å². The van der Waals surface area contributed by atoms with Gasteiger partial charge in [-0.3, -0.25) is 9.59 Å². The molecule has 1 aromatic carbocycles. The lowest BCUT2D eigenvalue weighted by Gasteiger charge is -2.38. The second-order valence-corrected chi connectivity index (χ2v) is 9.64. The molecule has 0 N–H and O–H groups in total. The summed E-state index contributed by atoms with van der Waals surface area (Å²) in [5.41, 5.74) is 3.67. The summed E-state index contributed by atoms with van der Waals surface area (Å²) in [4.78, 5) is 43.6. The molecule has 0 atom stereocenters. The Kier molecular flexibility index (Phi) is 5.46. The van der Waals surface area contributed by atoms with Crippen molar-refractivity contribution < 1.29 is 14.0 Å². The Balaban J connectivity index is 1.37. The van der Waals surface area contributed by atoms with E-state index in [0.29, 0.717) is 37.2 Å². The van der Waals surface area contributed by atoms with Crippen LogP contribution in [0.5, 0.6) is 0 Å². The molecule has 2 aromatic rings. The van der Waals surface area contributed by atoms with E-state index in [-0.39, 0.29) is 29.5 Å². The van der Waals surface area contributed by atoms with Crippen LogP contribution in [-0.4, -0.2) is 41.3 Å². The molecule has 1 spiro atoms. The fourth-order valence-electron chi connectivity index (χ4n) is 5.41. The molecule has 1 aliphatic carbocycles. The highest BCUT2D eigenvalue weighted by Gasteiger charge is 2.49. The maximum Gasteiger partial charge on any atom is 0.286 e. The molecule has 1 aromatic heterocycles. The number of likely N-dealkylation sites (tertiary alicyclic amines) is 1. The highest BCUT2D eigenvalue weighted by Crippen LogP contribution is 2.53. The van der Waals surface area contributed by atoms with Gasteiger partial charge in [0.15, 0.2) is 0 Å². The number of nitrogens with zero attached hydrogens (tertiary/aromatic N) is 4. The number of nitroso groups, excluding NO2 is 1. The van der Waals surface area contributed by atoms with Crippen LogP contribution in [0.2, 0.25) is 0 Å². The molecular formula is C25H27FN4O3. The van der Waals surface area contributed by atoms with E-state index in [1.54, 1.807) is 30.0 Å². The number of hydrogen-bond acceptors (Lipinski definition) is 5. The van der Waals surface area contributed by atoms with Crippen LogP contribution in [-0.2, 0) is 10.2 Å². The van der Waals surface area contributed by atoms with Crippen molar-refractivity contribution in [3.63, 3.8) is 0 Å². The van der Waals surface area contributed by atoms with Crippen LogP contribution >= 0.6 is 0 Å². The number of anilines is 2. The Bertz CT molecular complexity index is 1120. The second-order valence-electron chi connectivity index (χ2n) is 9.64. The zero-order chi connectivity index (χ0) is 23.2. The molecule has 0 radical (unpaired) electrons. The molecule has 5 rings (SSSR count). The SMILES string of the molecule is Cc1ccc(N2CC3(CCC3)c3nc(C(=O)N4CCC(CC(=O)N=O)CC4)ccc32)cc1F. The summed E-state index contributed by atoms with van der Waals surface area (Å²) in [6.45, 7) is 3.58. The molecule has 2 fully saturated rings. The third kappa shape index (κ3) is 3.81. The molecular weight excluding hydrogens is 423 g/mol. The van der Waals surface area contributed by atoms with Crippen molar-refractivity contribution in [2.45, 2.75) is 50.9 Å². The van der Waals surface area contributed by atoms with Crippen LogP contribution in [0.3, 0.4) is 0 Å². The zero-order valence-electron chi connectivity index (χ0n) is 18.7. The standard InChI is InChI=1S/C25H27FN4O3/c1-16-3-4-18(14-19(16)26)30-15-25(9-2-10-25)23-21(30)6-5-20(27-23)24(32)29-11-7-17(8-12-29)13-22(31)28-33/h3-6,14,17H,2,7-13,15H2,1H3. The van der Waals surface area contributed by atoms with Gasteiger partial charge in [0.25, 0.3) is 11.8 Å². The third-order valence-electron chi connectivity index (χ3n) is 7.59. The van der Waals surface area contributed by atoms with Crippen LogP contribution < -0.4 is 4.90 Å². The van der Waals surface area contributed by atoms with E-state index < -0.39 is 5.91 Å². The first-order valence-corrected chi connectivity index (χ1v) is 11.6. The van der Waals surface area contributed by atoms with Gasteiger partial charge in [-0.05, 0) is 68.4 Å². The van der Waals surface area contributed by atoms with E-state index in [1.807, 2.05) is 12.1 Å². The fraction of sp³-hybridized carbons (Fsp3) is 0.480. The third-order valence-corrected chi connectivity index (χ3v) is 7.59. The van der Waals surface area contributed by atoms with E-state index in [9.17, 15) is 18.9 Å². The van der Waals surface area contributed by atoms with Crippen LogP contribution in [0.4, 0.5) is 15.8 Å². The summed E-state index contributed by atoms with van der Waals surface area (Å²) < 4.78 is 14.3. The topological polar surface area (TPSA) is 82.9 Å². The van der Waals surface area contributed by atoms with Crippen LogP contribution in [0.25, 0.3) is 0 Å². The number of pyridine rings is 1. The summed E-state index contributed by atoms with van der Waals surface area (Å²) in [7, 11) is 0. The molecule has 7 nitrogen and oxygen atoms in total. The van der Waals surface area contributed by atoms with Crippen molar-refractivity contribution in [3.8, 4) is 0 Å². The lowest BCUT2D eigenvalue weighted by atomic mass is 9.67. The second kappa shape index (κ2) is 8.32.